The van der Waals surface area contributed by atoms with Crippen LogP contribution in [0, 0.1) is 0 Å². The highest BCUT2D eigenvalue weighted by Gasteiger charge is 2.07. The Balaban J connectivity index is 3.76. The maximum Gasteiger partial charge on any atom is 0.310 e. The minimum Gasteiger partial charge on any atom is -0.466 e. The average molecular weight is 156 g/mol. The molecule has 0 spiro atoms. The van der Waals surface area contributed by atoms with Crippen LogP contribution in [0.1, 0.15) is 20.3 Å². The lowest BCUT2D eigenvalue weighted by Crippen LogP contribution is -2.07. The molecule has 0 radical (unpaired) electrons. The van der Waals surface area contributed by atoms with Crippen molar-refractivity contribution >= 4 is 11.8 Å². The molecule has 11 heavy (non-hydrogen) atoms. The molecule has 0 aromatic carbocycles. The molecule has 62 valence electrons. The summed E-state index contributed by atoms with van der Waals surface area (Å²) in [5.41, 5.74) is 0.295. The largest absolute Gasteiger partial charge is 0.466 e. The Kier molecular flexibility index (Phi) is 4.18. The first-order chi connectivity index (χ1) is 5.07. The van der Waals surface area contributed by atoms with Crippen LogP contribution in [0.4, 0.5) is 0 Å². The van der Waals surface area contributed by atoms with Gasteiger partial charge in [-0.2, -0.15) is 0 Å². The van der Waals surface area contributed by atoms with Gasteiger partial charge in [-0.3, -0.25) is 9.59 Å². The molecule has 0 fully saturated rings. The van der Waals surface area contributed by atoms with E-state index < -0.39 is 5.97 Å². The molecule has 0 aliphatic carbocycles. The highest BCUT2D eigenvalue weighted by atomic mass is 16.5. The van der Waals surface area contributed by atoms with Crippen molar-refractivity contribution in [2.45, 2.75) is 20.3 Å². The number of esters is 1. The van der Waals surface area contributed by atoms with Gasteiger partial charge in [-0.25, -0.2) is 0 Å². The van der Waals surface area contributed by atoms with Gasteiger partial charge in [0.25, 0.3) is 0 Å². The van der Waals surface area contributed by atoms with Crippen LogP contribution >= 0.6 is 0 Å². The second-order valence-corrected chi connectivity index (χ2v) is 2.14. The Morgan fingerprint density at radius 3 is 2.36 bits per heavy atom. The van der Waals surface area contributed by atoms with Gasteiger partial charge in [0.2, 0.25) is 0 Å². The molecule has 0 atom stereocenters. The molecule has 0 aromatic rings. The first-order valence-electron chi connectivity index (χ1n) is 3.42. The third kappa shape index (κ3) is 4.31. The molecule has 0 saturated heterocycles. The van der Waals surface area contributed by atoms with Crippen molar-refractivity contribution in [2.75, 3.05) is 6.61 Å². The van der Waals surface area contributed by atoms with E-state index in [-0.39, 0.29) is 12.2 Å². The molecular weight excluding hydrogens is 144 g/mol. The zero-order chi connectivity index (χ0) is 8.85. The zero-order valence-corrected chi connectivity index (χ0v) is 6.85. The molecule has 3 nitrogen and oxygen atoms in total. The molecule has 3 heteroatoms. The predicted molar refractivity (Wildman–Crippen MR) is 41.1 cm³/mol. The number of ether oxygens (including phenoxy) is 1. The smallest absolute Gasteiger partial charge is 0.310 e. The van der Waals surface area contributed by atoms with E-state index in [0.29, 0.717) is 12.2 Å². The van der Waals surface area contributed by atoms with E-state index in [1.807, 2.05) is 0 Å². The Hall–Kier alpha value is -1.12. The van der Waals surface area contributed by atoms with E-state index in [1.165, 1.54) is 6.92 Å². The minimum atomic E-state index is -0.396. The lowest BCUT2D eigenvalue weighted by Gasteiger charge is -2.00. The van der Waals surface area contributed by atoms with Crippen molar-refractivity contribution in [3.8, 4) is 0 Å². The molecule has 0 aromatic heterocycles. The summed E-state index contributed by atoms with van der Waals surface area (Å²) in [6, 6.07) is 0. The van der Waals surface area contributed by atoms with Gasteiger partial charge in [-0.1, -0.05) is 6.58 Å². The molecule has 0 saturated carbocycles. The van der Waals surface area contributed by atoms with Gasteiger partial charge in [-0.15, -0.1) is 0 Å². The summed E-state index contributed by atoms with van der Waals surface area (Å²) in [7, 11) is 0. The second-order valence-electron chi connectivity index (χ2n) is 2.14. The standard InChI is InChI=1S/C8H12O3/c1-4-11-8(10)5-6(2)7(3)9/h2,4-5H2,1,3H3. The van der Waals surface area contributed by atoms with Crippen LogP contribution in [0.5, 0.6) is 0 Å². The summed E-state index contributed by atoms with van der Waals surface area (Å²) < 4.78 is 4.61. The van der Waals surface area contributed by atoms with Gasteiger partial charge >= 0.3 is 5.97 Å². The summed E-state index contributed by atoms with van der Waals surface area (Å²) in [5, 5.41) is 0. The van der Waals surface area contributed by atoms with Crippen LogP contribution < -0.4 is 0 Å². The molecule has 0 rings (SSSR count). The number of ketones is 1. The quantitative estimate of drug-likeness (QED) is 0.452. The van der Waals surface area contributed by atoms with Gasteiger partial charge in [0.05, 0.1) is 13.0 Å². The van der Waals surface area contributed by atoms with Gasteiger partial charge in [0, 0.05) is 0 Å². The van der Waals surface area contributed by atoms with E-state index in [0.717, 1.165) is 0 Å². The normalized spacial score (nSPS) is 8.91. The zero-order valence-electron chi connectivity index (χ0n) is 6.85. The molecular formula is C8H12O3. The van der Waals surface area contributed by atoms with Crippen molar-refractivity contribution in [1.82, 2.24) is 0 Å². The second kappa shape index (κ2) is 4.66. The van der Waals surface area contributed by atoms with E-state index in [2.05, 4.69) is 11.3 Å². The number of hydrogen-bond donors (Lipinski definition) is 0. The summed E-state index contributed by atoms with van der Waals surface area (Å²) >= 11 is 0. The van der Waals surface area contributed by atoms with E-state index in [1.54, 1.807) is 6.92 Å². The van der Waals surface area contributed by atoms with Crippen molar-refractivity contribution in [3.05, 3.63) is 12.2 Å². The average Bonchev–Trinajstić information content (AvgIpc) is 1.87. The first kappa shape index (κ1) is 9.88. The summed E-state index contributed by atoms with van der Waals surface area (Å²) in [5.74, 6) is -0.564. The van der Waals surface area contributed by atoms with Crippen LogP contribution in [0.25, 0.3) is 0 Å². The lowest BCUT2D eigenvalue weighted by atomic mass is 10.1. The molecule has 0 unspecified atom stereocenters. The van der Waals surface area contributed by atoms with Crippen LogP contribution in [-0.4, -0.2) is 18.4 Å². The van der Waals surface area contributed by atoms with E-state index >= 15 is 0 Å². The fourth-order valence-corrected chi connectivity index (χ4v) is 0.511. The number of carbonyl (C=O) groups excluding carboxylic acids is 2. The van der Waals surface area contributed by atoms with Gasteiger partial charge < -0.3 is 4.74 Å². The highest BCUT2D eigenvalue weighted by Crippen LogP contribution is 2.00. The topological polar surface area (TPSA) is 43.4 Å². The van der Waals surface area contributed by atoms with E-state index in [9.17, 15) is 9.59 Å². The van der Waals surface area contributed by atoms with Crippen LogP contribution in [0.3, 0.4) is 0 Å². The summed E-state index contributed by atoms with van der Waals surface area (Å²) in [6.45, 7) is 6.86. The molecule has 0 amide bonds. The SMILES string of the molecule is C=C(CC(=O)OCC)C(C)=O. The number of hydrogen-bond acceptors (Lipinski definition) is 3. The minimum absolute atomic E-state index is 0.00315. The van der Waals surface area contributed by atoms with Crippen LogP contribution in [-0.2, 0) is 14.3 Å². The Bertz CT molecular complexity index is 182. The molecule has 0 bridgehead atoms. The summed E-state index contributed by atoms with van der Waals surface area (Å²) in [6.07, 6.45) is 0.00315. The monoisotopic (exact) mass is 156 g/mol. The van der Waals surface area contributed by atoms with Crippen molar-refractivity contribution < 1.29 is 14.3 Å². The lowest BCUT2D eigenvalue weighted by molar-refractivity contribution is -0.142. The fourth-order valence-electron chi connectivity index (χ4n) is 0.511. The maximum absolute atomic E-state index is 10.7. The Morgan fingerprint density at radius 1 is 1.45 bits per heavy atom. The fraction of sp³-hybridized carbons (Fsp3) is 0.500. The van der Waals surface area contributed by atoms with E-state index in [4.69, 9.17) is 0 Å². The Labute approximate surface area is 66.0 Å². The highest BCUT2D eigenvalue weighted by molar-refractivity contribution is 5.96. The molecule has 0 N–H and O–H groups in total. The Morgan fingerprint density at radius 2 is 2.00 bits per heavy atom. The van der Waals surface area contributed by atoms with Gasteiger partial charge in [-0.05, 0) is 19.4 Å². The predicted octanol–water partition coefficient (Wildman–Crippen LogP) is 1.08. The number of rotatable bonds is 4. The number of carbonyl (C=O) groups is 2. The third-order valence-corrected chi connectivity index (χ3v) is 1.16. The number of Topliss-reactive ketones (excluding diaryl/α,β-unsaturated/α-hetero) is 1. The van der Waals surface area contributed by atoms with Gasteiger partial charge in [0.1, 0.15) is 0 Å². The molecule has 0 aliphatic rings. The van der Waals surface area contributed by atoms with Crippen molar-refractivity contribution in [3.63, 3.8) is 0 Å². The molecule has 0 aliphatic heterocycles. The third-order valence-electron chi connectivity index (χ3n) is 1.16. The maximum atomic E-state index is 10.7. The van der Waals surface area contributed by atoms with Crippen LogP contribution in [0.15, 0.2) is 12.2 Å². The first-order valence-corrected chi connectivity index (χ1v) is 3.42. The van der Waals surface area contributed by atoms with Gasteiger partial charge in [0.15, 0.2) is 5.78 Å². The molecule has 0 heterocycles. The van der Waals surface area contributed by atoms with Crippen LogP contribution in [0.2, 0.25) is 0 Å². The van der Waals surface area contributed by atoms with Crippen molar-refractivity contribution in [1.29, 1.82) is 0 Å². The van der Waals surface area contributed by atoms with Crippen molar-refractivity contribution in [2.24, 2.45) is 0 Å². The summed E-state index contributed by atoms with van der Waals surface area (Å²) in [4.78, 5) is 21.3.